The number of carbonyl (C=O) groups excluding carboxylic acids is 2. The predicted octanol–water partition coefficient (Wildman–Crippen LogP) is 2.20. The van der Waals surface area contributed by atoms with Gasteiger partial charge in [-0.2, -0.15) is 0 Å². The molecule has 0 aromatic carbocycles. The molecule has 0 saturated heterocycles. The van der Waals surface area contributed by atoms with Crippen molar-refractivity contribution in [3.63, 3.8) is 0 Å². The highest BCUT2D eigenvalue weighted by molar-refractivity contribution is 5.89. The molecule has 23 heavy (non-hydrogen) atoms. The van der Waals surface area contributed by atoms with Crippen molar-refractivity contribution < 1.29 is 24.2 Å². The Morgan fingerprint density at radius 3 is 1.87 bits per heavy atom. The first-order chi connectivity index (χ1) is 10.3. The van der Waals surface area contributed by atoms with E-state index in [4.69, 9.17) is 9.84 Å². The first-order valence-electron chi connectivity index (χ1n) is 7.73. The Morgan fingerprint density at radius 2 is 1.52 bits per heavy atom. The van der Waals surface area contributed by atoms with Crippen LogP contribution < -0.4 is 0 Å². The van der Waals surface area contributed by atoms with Crippen molar-refractivity contribution in [2.45, 2.75) is 65.6 Å². The van der Waals surface area contributed by atoms with Gasteiger partial charge >= 0.3 is 12.1 Å². The fraction of sp³-hybridized carbons (Fsp3) is 0.812. The van der Waals surface area contributed by atoms with Gasteiger partial charge < -0.3 is 14.7 Å². The van der Waals surface area contributed by atoms with Gasteiger partial charge in [0.05, 0.1) is 0 Å². The second-order valence-corrected chi connectivity index (χ2v) is 7.20. The topological polar surface area (TPSA) is 87.2 Å². The molecule has 0 spiro atoms. The lowest BCUT2D eigenvalue weighted by Gasteiger charge is -2.34. The van der Waals surface area contributed by atoms with Crippen molar-refractivity contribution in [2.24, 2.45) is 5.92 Å². The molecule has 7 heteroatoms. The Labute approximate surface area is 138 Å². The van der Waals surface area contributed by atoms with Crippen LogP contribution in [0.25, 0.3) is 0 Å². The van der Waals surface area contributed by atoms with Crippen LogP contribution in [-0.4, -0.2) is 64.7 Å². The summed E-state index contributed by atoms with van der Waals surface area (Å²) in [5, 5.41) is 9.07. The number of likely N-dealkylation sites (N-methyl/N-ethyl adjacent to an activating group) is 2. The van der Waals surface area contributed by atoms with Crippen molar-refractivity contribution in [3.05, 3.63) is 0 Å². The predicted molar refractivity (Wildman–Crippen MR) is 87.1 cm³/mol. The van der Waals surface area contributed by atoms with Crippen LogP contribution >= 0.6 is 0 Å². The maximum atomic E-state index is 12.6. The molecular formula is C16H30N2O5. The van der Waals surface area contributed by atoms with Gasteiger partial charge in [-0.1, -0.05) is 13.8 Å². The van der Waals surface area contributed by atoms with Crippen LogP contribution in [0.3, 0.4) is 0 Å². The summed E-state index contributed by atoms with van der Waals surface area (Å²) in [6, 6.07) is -1.74. The first kappa shape index (κ1) is 21.2. The minimum atomic E-state index is -1.09. The smallest absolute Gasteiger partial charge is 0.410 e. The highest BCUT2D eigenvalue weighted by Crippen LogP contribution is 2.17. The molecule has 0 heterocycles. The lowest BCUT2D eigenvalue weighted by atomic mass is 10.0. The Balaban J connectivity index is 5.31. The van der Waals surface area contributed by atoms with E-state index in [1.54, 1.807) is 20.8 Å². The van der Waals surface area contributed by atoms with Gasteiger partial charge in [0.2, 0.25) is 5.91 Å². The van der Waals surface area contributed by atoms with Crippen molar-refractivity contribution in [3.8, 4) is 0 Å². The summed E-state index contributed by atoms with van der Waals surface area (Å²) in [6.45, 7) is 10.5. The maximum absolute atomic E-state index is 12.6. The summed E-state index contributed by atoms with van der Waals surface area (Å²) in [6.07, 6.45) is -0.182. The number of hydrogen-bond donors (Lipinski definition) is 1. The van der Waals surface area contributed by atoms with E-state index >= 15 is 0 Å². The number of nitrogens with zero attached hydrogens (tertiary/aromatic N) is 2. The molecule has 134 valence electrons. The van der Waals surface area contributed by atoms with Gasteiger partial charge in [0, 0.05) is 14.1 Å². The fourth-order valence-corrected chi connectivity index (χ4v) is 1.92. The zero-order chi connectivity index (χ0) is 18.5. The van der Waals surface area contributed by atoms with Crippen molar-refractivity contribution in [1.82, 2.24) is 9.80 Å². The first-order valence-corrected chi connectivity index (χ1v) is 7.73. The molecule has 0 unspecified atom stereocenters. The minimum absolute atomic E-state index is 0.155. The van der Waals surface area contributed by atoms with Crippen LogP contribution in [0.5, 0.6) is 0 Å². The fourth-order valence-electron chi connectivity index (χ4n) is 1.92. The van der Waals surface area contributed by atoms with Crippen LogP contribution in [0.15, 0.2) is 0 Å². The minimum Gasteiger partial charge on any atom is -0.480 e. The summed E-state index contributed by atoms with van der Waals surface area (Å²) in [5.41, 5.74) is -0.670. The second kappa shape index (κ2) is 8.17. The number of carboxylic acid groups (broad SMARTS) is 1. The highest BCUT2D eigenvalue weighted by Gasteiger charge is 2.35. The van der Waals surface area contributed by atoms with Gasteiger partial charge in [0.15, 0.2) is 0 Å². The number of rotatable bonds is 6. The van der Waals surface area contributed by atoms with Gasteiger partial charge in [0.25, 0.3) is 0 Å². The summed E-state index contributed by atoms with van der Waals surface area (Å²) >= 11 is 0. The monoisotopic (exact) mass is 330 g/mol. The van der Waals surface area contributed by atoms with E-state index in [9.17, 15) is 14.4 Å². The summed E-state index contributed by atoms with van der Waals surface area (Å²) in [7, 11) is 2.93. The molecule has 0 bridgehead atoms. The lowest BCUT2D eigenvalue weighted by Crippen LogP contribution is -2.53. The molecule has 0 aliphatic heterocycles. The number of hydrogen-bond acceptors (Lipinski definition) is 4. The van der Waals surface area contributed by atoms with E-state index in [0.29, 0.717) is 6.42 Å². The third-order valence-corrected chi connectivity index (χ3v) is 3.41. The van der Waals surface area contributed by atoms with E-state index < -0.39 is 35.7 Å². The van der Waals surface area contributed by atoms with E-state index in [0.717, 1.165) is 4.90 Å². The van der Waals surface area contributed by atoms with E-state index in [1.807, 2.05) is 13.8 Å². The SMILES string of the molecule is CC(C)C[C@H](C(=O)N(C)[C@H](C)C(=O)O)N(C)C(=O)OC(C)(C)C. The molecular weight excluding hydrogens is 300 g/mol. The Morgan fingerprint density at radius 1 is 1.04 bits per heavy atom. The quantitative estimate of drug-likeness (QED) is 0.806. The Bertz CT molecular complexity index is 442. The van der Waals surface area contributed by atoms with E-state index in [2.05, 4.69) is 0 Å². The van der Waals surface area contributed by atoms with E-state index in [-0.39, 0.29) is 5.92 Å². The number of amides is 2. The van der Waals surface area contributed by atoms with Gasteiger partial charge in [0.1, 0.15) is 17.7 Å². The molecule has 0 aromatic rings. The maximum Gasteiger partial charge on any atom is 0.410 e. The van der Waals surface area contributed by atoms with Crippen molar-refractivity contribution in [1.29, 1.82) is 0 Å². The molecule has 2 atom stereocenters. The van der Waals surface area contributed by atoms with Gasteiger partial charge in [-0.05, 0) is 40.0 Å². The van der Waals surface area contributed by atoms with Gasteiger partial charge in [-0.25, -0.2) is 9.59 Å². The van der Waals surface area contributed by atoms with Crippen LogP contribution in [0.2, 0.25) is 0 Å². The zero-order valence-electron chi connectivity index (χ0n) is 15.4. The van der Waals surface area contributed by atoms with Gasteiger partial charge in [-0.3, -0.25) is 9.69 Å². The average Bonchev–Trinajstić information content (AvgIpc) is 2.39. The number of aliphatic carboxylic acids is 1. The molecule has 2 amide bonds. The third-order valence-electron chi connectivity index (χ3n) is 3.41. The summed E-state index contributed by atoms with van der Waals surface area (Å²) in [4.78, 5) is 38.4. The van der Waals surface area contributed by atoms with Crippen molar-refractivity contribution >= 4 is 18.0 Å². The lowest BCUT2D eigenvalue weighted by molar-refractivity contribution is -0.150. The van der Waals surface area contributed by atoms with Crippen LogP contribution in [0.1, 0.15) is 48.0 Å². The molecule has 1 N–H and O–H groups in total. The zero-order valence-corrected chi connectivity index (χ0v) is 15.4. The van der Waals surface area contributed by atoms with Crippen molar-refractivity contribution in [2.75, 3.05) is 14.1 Å². The Hall–Kier alpha value is -1.79. The molecule has 0 radical (unpaired) electrons. The molecule has 0 fully saturated rings. The summed E-state index contributed by atoms with van der Waals surface area (Å²) in [5.74, 6) is -1.35. The van der Waals surface area contributed by atoms with Gasteiger partial charge in [-0.15, -0.1) is 0 Å². The molecule has 0 aromatic heterocycles. The normalized spacial score (nSPS) is 14.1. The third kappa shape index (κ3) is 6.88. The number of carboxylic acids is 1. The molecule has 0 aliphatic carbocycles. The Kier molecular flexibility index (Phi) is 7.54. The number of ether oxygens (including phenoxy) is 1. The van der Waals surface area contributed by atoms with Crippen LogP contribution in [0.4, 0.5) is 4.79 Å². The largest absolute Gasteiger partial charge is 0.480 e. The molecule has 0 aliphatic rings. The average molecular weight is 330 g/mol. The molecule has 0 rings (SSSR count). The highest BCUT2D eigenvalue weighted by atomic mass is 16.6. The standard InChI is InChI=1S/C16H30N2O5/c1-10(2)9-12(13(19)17(7)11(3)14(20)21)18(8)15(22)23-16(4,5)6/h10-12H,9H2,1-8H3,(H,20,21)/t11-,12-/m1/s1. The van der Waals surface area contributed by atoms with E-state index in [1.165, 1.54) is 25.9 Å². The summed E-state index contributed by atoms with van der Waals surface area (Å²) < 4.78 is 5.30. The molecule has 0 saturated carbocycles. The second-order valence-electron chi connectivity index (χ2n) is 7.20. The number of carbonyl (C=O) groups is 3. The molecule has 7 nitrogen and oxygen atoms in total. The van der Waals surface area contributed by atoms with Crippen LogP contribution in [0, 0.1) is 5.92 Å². The van der Waals surface area contributed by atoms with Crippen LogP contribution in [-0.2, 0) is 14.3 Å².